The summed E-state index contributed by atoms with van der Waals surface area (Å²) in [6, 6.07) is 3.51. The van der Waals surface area contributed by atoms with Gasteiger partial charge in [0.1, 0.15) is 11.4 Å². The molecule has 0 fully saturated rings. The van der Waals surface area contributed by atoms with E-state index in [0.29, 0.717) is 17.1 Å². The van der Waals surface area contributed by atoms with Gasteiger partial charge in [0, 0.05) is 5.69 Å². The maximum atomic E-state index is 10.5. The molecular formula is C10H10N4O2. The molecule has 0 radical (unpaired) electrons. The molecule has 2 aromatic rings. The molecule has 0 amide bonds. The van der Waals surface area contributed by atoms with E-state index in [1.807, 2.05) is 13.0 Å². The minimum absolute atomic E-state index is 0.0771. The first-order chi connectivity index (χ1) is 7.65. The van der Waals surface area contributed by atoms with Crippen LogP contribution in [0.25, 0.3) is 11.4 Å². The van der Waals surface area contributed by atoms with Gasteiger partial charge in [-0.1, -0.05) is 0 Å². The third kappa shape index (κ3) is 2.22. The highest BCUT2D eigenvalue weighted by Gasteiger charge is 2.08. The second kappa shape index (κ2) is 4.09. The van der Waals surface area contributed by atoms with Crippen molar-refractivity contribution < 1.29 is 9.90 Å². The van der Waals surface area contributed by atoms with Gasteiger partial charge in [0.25, 0.3) is 0 Å². The molecule has 16 heavy (non-hydrogen) atoms. The Kier molecular flexibility index (Phi) is 2.63. The van der Waals surface area contributed by atoms with Crippen molar-refractivity contribution in [3.8, 4) is 11.4 Å². The number of nitrogens with one attached hydrogen (secondary N) is 1. The summed E-state index contributed by atoms with van der Waals surface area (Å²) < 4.78 is 0. The van der Waals surface area contributed by atoms with Gasteiger partial charge in [0.2, 0.25) is 0 Å². The van der Waals surface area contributed by atoms with Crippen LogP contribution in [0.4, 0.5) is 0 Å². The largest absolute Gasteiger partial charge is 0.481 e. The lowest BCUT2D eigenvalue weighted by atomic mass is 10.2. The number of hydrogen-bond acceptors (Lipinski definition) is 4. The standard InChI is InChI=1S/C10H10N4O2/c1-6-2-8(13-11-5-6)9-3-7(12-14-9)4-10(15)16/h2-3,5H,4H2,1H3,(H,12,14)(H,15,16). The molecule has 2 rings (SSSR count). The van der Waals surface area contributed by atoms with Crippen molar-refractivity contribution in [2.75, 3.05) is 0 Å². The van der Waals surface area contributed by atoms with Gasteiger partial charge in [0.05, 0.1) is 12.6 Å². The highest BCUT2D eigenvalue weighted by atomic mass is 16.4. The zero-order valence-electron chi connectivity index (χ0n) is 8.64. The predicted octanol–water partition coefficient (Wildman–Crippen LogP) is 0.802. The van der Waals surface area contributed by atoms with Crippen LogP contribution in [0.1, 0.15) is 11.3 Å². The molecule has 0 aromatic carbocycles. The molecule has 2 aromatic heterocycles. The summed E-state index contributed by atoms with van der Waals surface area (Å²) in [5.74, 6) is -0.898. The number of H-pyrrole nitrogens is 1. The van der Waals surface area contributed by atoms with Crippen LogP contribution in [0.3, 0.4) is 0 Å². The topological polar surface area (TPSA) is 91.8 Å². The molecule has 6 heteroatoms. The number of hydrogen-bond donors (Lipinski definition) is 2. The van der Waals surface area contributed by atoms with Crippen molar-refractivity contribution >= 4 is 5.97 Å². The number of carboxylic acids is 1. The molecule has 0 aliphatic carbocycles. The summed E-state index contributed by atoms with van der Waals surface area (Å²) in [6.07, 6.45) is 1.57. The van der Waals surface area contributed by atoms with Crippen molar-refractivity contribution in [1.29, 1.82) is 0 Å². The quantitative estimate of drug-likeness (QED) is 0.795. The van der Waals surface area contributed by atoms with Crippen LogP contribution in [0.5, 0.6) is 0 Å². The summed E-state index contributed by atoms with van der Waals surface area (Å²) in [5.41, 5.74) is 2.76. The van der Waals surface area contributed by atoms with Gasteiger partial charge in [-0.3, -0.25) is 9.89 Å². The number of aryl methyl sites for hydroxylation is 1. The lowest BCUT2D eigenvalue weighted by Crippen LogP contribution is -1.99. The van der Waals surface area contributed by atoms with Gasteiger partial charge < -0.3 is 5.11 Å². The fraction of sp³-hybridized carbons (Fsp3) is 0.200. The zero-order chi connectivity index (χ0) is 11.5. The average molecular weight is 218 g/mol. The molecule has 2 heterocycles. The molecule has 0 aliphatic heterocycles. The minimum Gasteiger partial charge on any atom is -0.481 e. The molecule has 2 N–H and O–H groups in total. The van der Waals surface area contributed by atoms with Crippen molar-refractivity contribution in [1.82, 2.24) is 20.4 Å². The highest BCUT2D eigenvalue weighted by molar-refractivity contribution is 5.70. The van der Waals surface area contributed by atoms with E-state index in [1.165, 1.54) is 0 Å². The van der Waals surface area contributed by atoms with Crippen molar-refractivity contribution in [3.05, 3.63) is 29.6 Å². The molecule has 6 nitrogen and oxygen atoms in total. The van der Waals surface area contributed by atoms with E-state index >= 15 is 0 Å². The van der Waals surface area contributed by atoms with Crippen molar-refractivity contribution in [2.24, 2.45) is 0 Å². The minimum atomic E-state index is -0.898. The maximum absolute atomic E-state index is 10.5. The van der Waals surface area contributed by atoms with Crippen LogP contribution < -0.4 is 0 Å². The summed E-state index contributed by atoms with van der Waals surface area (Å²) in [6.45, 7) is 1.91. The van der Waals surface area contributed by atoms with E-state index in [2.05, 4.69) is 20.4 Å². The molecule has 0 saturated carbocycles. The average Bonchev–Trinajstić information content (AvgIpc) is 2.65. The fourth-order valence-corrected chi connectivity index (χ4v) is 1.34. The van der Waals surface area contributed by atoms with Crippen LogP contribution in [0.15, 0.2) is 18.3 Å². The van der Waals surface area contributed by atoms with Gasteiger partial charge in [0.15, 0.2) is 0 Å². The van der Waals surface area contributed by atoms with Gasteiger partial charge in [-0.15, -0.1) is 5.10 Å². The van der Waals surface area contributed by atoms with Gasteiger partial charge in [-0.25, -0.2) is 0 Å². The van der Waals surface area contributed by atoms with Crippen LogP contribution in [0, 0.1) is 6.92 Å². The van der Waals surface area contributed by atoms with Crippen molar-refractivity contribution in [2.45, 2.75) is 13.3 Å². The molecule has 0 spiro atoms. The Morgan fingerprint density at radius 2 is 2.25 bits per heavy atom. The third-order valence-electron chi connectivity index (χ3n) is 2.03. The number of nitrogens with zero attached hydrogens (tertiary/aromatic N) is 3. The zero-order valence-corrected chi connectivity index (χ0v) is 8.64. The summed E-state index contributed by atoms with van der Waals surface area (Å²) in [7, 11) is 0. The molecule has 0 atom stereocenters. The van der Waals surface area contributed by atoms with Gasteiger partial charge >= 0.3 is 5.97 Å². The Hall–Kier alpha value is -2.24. The first-order valence-electron chi connectivity index (χ1n) is 4.71. The number of aromatic amines is 1. The SMILES string of the molecule is Cc1cnnc(-c2cc(CC(=O)O)[nH]n2)c1. The lowest BCUT2D eigenvalue weighted by molar-refractivity contribution is -0.136. The first kappa shape index (κ1) is 10.3. The number of rotatable bonds is 3. The molecule has 0 unspecified atom stereocenters. The van der Waals surface area contributed by atoms with E-state index in [0.717, 1.165) is 5.56 Å². The second-order valence-corrected chi connectivity index (χ2v) is 3.47. The monoisotopic (exact) mass is 218 g/mol. The smallest absolute Gasteiger partial charge is 0.309 e. The first-order valence-corrected chi connectivity index (χ1v) is 4.71. The summed E-state index contributed by atoms with van der Waals surface area (Å²) in [4.78, 5) is 10.5. The van der Waals surface area contributed by atoms with E-state index in [-0.39, 0.29) is 6.42 Å². The summed E-state index contributed by atoms with van der Waals surface area (Å²) in [5, 5.41) is 23.0. The van der Waals surface area contributed by atoms with Crippen LogP contribution >= 0.6 is 0 Å². The lowest BCUT2D eigenvalue weighted by Gasteiger charge is -1.94. The molecular weight excluding hydrogens is 208 g/mol. The number of aliphatic carboxylic acids is 1. The molecule has 0 aliphatic rings. The maximum Gasteiger partial charge on any atom is 0.309 e. The fourth-order valence-electron chi connectivity index (χ4n) is 1.34. The number of carbonyl (C=O) groups is 1. The second-order valence-electron chi connectivity index (χ2n) is 3.47. The van der Waals surface area contributed by atoms with Crippen LogP contribution in [0.2, 0.25) is 0 Å². The Labute approximate surface area is 91.3 Å². The van der Waals surface area contributed by atoms with Gasteiger partial charge in [-0.05, 0) is 24.6 Å². The predicted molar refractivity (Wildman–Crippen MR) is 55.7 cm³/mol. The van der Waals surface area contributed by atoms with E-state index in [1.54, 1.807) is 12.3 Å². The van der Waals surface area contributed by atoms with Crippen LogP contribution in [-0.2, 0) is 11.2 Å². The molecule has 82 valence electrons. The third-order valence-corrected chi connectivity index (χ3v) is 2.03. The number of aromatic nitrogens is 4. The van der Waals surface area contributed by atoms with Crippen LogP contribution in [-0.4, -0.2) is 31.5 Å². The normalized spacial score (nSPS) is 10.3. The molecule has 0 bridgehead atoms. The summed E-state index contributed by atoms with van der Waals surface area (Å²) >= 11 is 0. The van der Waals surface area contributed by atoms with E-state index in [9.17, 15) is 4.79 Å². The number of carboxylic acid groups (broad SMARTS) is 1. The Morgan fingerprint density at radius 1 is 1.44 bits per heavy atom. The van der Waals surface area contributed by atoms with E-state index < -0.39 is 5.97 Å². The Balaban J connectivity index is 2.28. The Morgan fingerprint density at radius 3 is 2.94 bits per heavy atom. The Bertz CT molecular complexity index is 521. The van der Waals surface area contributed by atoms with E-state index in [4.69, 9.17) is 5.11 Å². The highest BCUT2D eigenvalue weighted by Crippen LogP contribution is 2.15. The molecule has 0 saturated heterocycles. The van der Waals surface area contributed by atoms with Crippen molar-refractivity contribution in [3.63, 3.8) is 0 Å². The van der Waals surface area contributed by atoms with Gasteiger partial charge in [-0.2, -0.15) is 10.2 Å².